The van der Waals surface area contributed by atoms with Crippen LogP contribution in [0, 0.1) is 6.92 Å². The van der Waals surface area contributed by atoms with Crippen molar-refractivity contribution >= 4 is 27.6 Å². The van der Waals surface area contributed by atoms with Crippen LogP contribution in [0.5, 0.6) is 0 Å². The van der Waals surface area contributed by atoms with Crippen molar-refractivity contribution in [2.75, 3.05) is 0 Å². The molecule has 1 amide bonds. The van der Waals surface area contributed by atoms with Crippen LogP contribution in [0.25, 0.3) is 10.9 Å². The van der Waals surface area contributed by atoms with Gasteiger partial charge in [-0.05, 0) is 31.2 Å². The number of carbonyl (C=O) groups excluding carboxylic acids is 1. The lowest BCUT2D eigenvalue weighted by molar-refractivity contribution is 0.0992. The Morgan fingerprint density at radius 3 is 2.81 bits per heavy atom. The third-order valence-corrected chi connectivity index (χ3v) is 5.06. The van der Waals surface area contributed by atoms with Crippen LogP contribution in [-0.2, 0) is 17.8 Å². The largest absolute Gasteiger partial charge is 0.364 e. The van der Waals surface area contributed by atoms with E-state index in [0.29, 0.717) is 15.5 Å². The van der Waals surface area contributed by atoms with Gasteiger partial charge in [-0.15, -0.1) is 0 Å². The summed E-state index contributed by atoms with van der Waals surface area (Å²) >= 11 is 0. The lowest BCUT2D eigenvalue weighted by Crippen LogP contribution is -2.15. The molecule has 0 fully saturated rings. The number of aromatic nitrogens is 3. The summed E-state index contributed by atoms with van der Waals surface area (Å²) in [6.07, 6.45) is 1.68. The first-order valence-electron chi connectivity index (χ1n) is 6.30. The predicted octanol–water partition coefficient (Wildman–Crippen LogP) is 1.48. The van der Waals surface area contributed by atoms with E-state index in [-0.39, 0.29) is 0 Å². The molecule has 7 heteroatoms. The first kappa shape index (κ1) is 13.6. The fraction of sp³-hybridized carbons (Fsp3) is 0.143. The molecular weight excluding hydrogens is 288 g/mol. The fourth-order valence-electron chi connectivity index (χ4n) is 2.26. The van der Waals surface area contributed by atoms with Gasteiger partial charge < -0.3 is 10.3 Å². The van der Waals surface area contributed by atoms with E-state index < -0.39 is 16.7 Å². The number of fused-ring (bicyclic) bond motifs is 1. The van der Waals surface area contributed by atoms with E-state index in [4.69, 9.17) is 5.73 Å². The number of hydrogen-bond acceptors (Lipinski definition) is 3. The normalized spacial score (nSPS) is 12.7. The van der Waals surface area contributed by atoms with E-state index in [0.717, 1.165) is 16.6 Å². The molecule has 6 nitrogen and oxygen atoms in total. The summed E-state index contributed by atoms with van der Waals surface area (Å²) in [6, 6.07) is 7.04. The summed E-state index contributed by atoms with van der Waals surface area (Å²) in [5, 5.41) is 7.69. The van der Waals surface area contributed by atoms with Crippen LogP contribution in [0.4, 0.5) is 0 Å². The Balaban J connectivity index is 2.09. The Morgan fingerprint density at radius 1 is 1.38 bits per heavy atom. The zero-order chi connectivity index (χ0) is 15.1. The average molecular weight is 302 g/mol. The van der Waals surface area contributed by atoms with E-state index in [9.17, 15) is 9.00 Å². The second-order valence-corrected chi connectivity index (χ2v) is 6.24. The zero-order valence-corrected chi connectivity index (χ0v) is 12.4. The molecule has 1 atom stereocenters. The molecule has 1 aromatic carbocycles. The molecule has 3 N–H and O–H groups in total. The molecule has 0 radical (unpaired) electrons. The molecule has 108 valence electrons. The van der Waals surface area contributed by atoms with Crippen LogP contribution < -0.4 is 5.73 Å². The van der Waals surface area contributed by atoms with Crippen molar-refractivity contribution in [2.24, 2.45) is 12.8 Å². The molecule has 1 unspecified atom stereocenters. The van der Waals surface area contributed by atoms with Crippen molar-refractivity contribution in [2.45, 2.75) is 16.7 Å². The van der Waals surface area contributed by atoms with E-state index >= 15 is 0 Å². The zero-order valence-electron chi connectivity index (χ0n) is 11.6. The van der Waals surface area contributed by atoms with Crippen LogP contribution >= 0.6 is 0 Å². The minimum absolute atomic E-state index is 0.347. The van der Waals surface area contributed by atoms with Gasteiger partial charge in [0, 0.05) is 23.0 Å². The third-order valence-electron chi connectivity index (χ3n) is 3.57. The Hall–Kier alpha value is -2.41. The van der Waals surface area contributed by atoms with Gasteiger partial charge in [-0.2, -0.15) is 5.10 Å². The standard InChI is InChI=1S/C14H14N4O2S/c1-8-13(6-12(14(15)19)18(8)2)21(20)10-3-4-11-9(5-10)7-16-17-11/h3-7H,1-2H3,(H2,15,19)(H,16,17). The smallest absolute Gasteiger partial charge is 0.265 e. The van der Waals surface area contributed by atoms with Gasteiger partial charge in [-0.3, -0.25) is 9.89 Å². The second kappa shape index (κ2) is 4.85. The van der Waals surface area contributed by atoms with Crippen LogP contribution in [0.2, 0.25) is 0 Å². The topological polar surface area (TPSA) is 93.8 Å². The predicted molar refractivity (Wildman–Crippen MR) is 79.4 cm³/mol. The minimum Gasteiger partial charge on any atom is -0.364 e. The highest BCUT2D eigenvalue weighted by molar-refractivity contribution is 7.85. The number of amides is 1. The molecule has 0 spiro atoms. The number of benzene rings is 1. The third kappa shape index (κ3) is 2.15. The molecule has 0 saturated carbocycles. The second-order valence-electron chi connectivity index (χ2n) is 4.79. The Labute approximate surface area is 123 Å². The Morgan fingerprint density at radius 2 is 2.14 bits per heavy atom. The first-order valence-corrected chi connectivity index (χ1v) is 7.45. The first-order chi connectivity index (χ1) is 9.99. The van der Waals surface area contributed by atoms with Crippen LogP contribution in [0.3, 0.4) is 0 Å². The van der Waals surface area contributed by atoms with Gasteiger partial charge in [-0.1, -0.05) is 0 Å². The molecular formula is C14H14N4O2S. The molecule has 3 rings (SSSR count). The van der Waals surface area contributed by atoms with Crippen LogP contribution in [0.1, 0.15) is 16.2 Å². The maximum Gasteiger partial charge on any atom is 0.265 e. The summed E-state index contributed by atoms with van der Waals surface area (Å²) < 4.78 is 14.4. The van der Waals surface area contributed by atoms with Gasteiger partial charge in [-0.25, -0.2) is 4.21 Å². The van der Waals surface area contributed by atoms with E-state index in [1.165, 1.54) is 0 Å². The lowest BCUT2D eigenvalue weighted by atomic mass is 10.3. The number of aromatic amines is 1. The van der Waals surface area contributed by atoms with Gasteiger partial charge >= 0.3 is 0 Å². The maximum absolute atomic E-state index is 12.7. The van der Waals surface area contributed by atoms with Gasteiger partial charge in [0.05, 0.1) is 27.4 Å². The molecule has 0 aliphatic heterocycles. The highest BCUT2D eigenvalue weighted by Crippen LogP contribution is 2.25. The molecule has 0 aliphatic carbocycles. The fourth-order valence-corrected chi connectivity index (χ4v) is 3.56. The van der Waals surface area contributed by atoms with Gasteiger partial charge in [0.2, 0.25) is 0 Å². The van der Waals surface area contributed by atoms with Crippen molar-refractivity contribution in [1.29, 1.82) is 0 Å². The number of nitrogens with one attached hydrogen (secondary N) is 1. The number of rotatable bonds is 3. The van der Waals surface area contributed by atoms with E-state index in [2.05, 4.69) is 10.2 Å². The van der Waals surface area contributed by atoms with Crippen molar-refractivity contribution < 1.29 is 9.00 Å². The van der Waals surface area contributed by atoms with Crippen molar-refractivity contribution in [3.63, 3.8) is 0 Å². The number of nitrogens with zero attached hydrogens (tertiary/aromatic N) is 2. The van der Waals surface area contributed by atoms with Crippen molar-refractivity contribution in [1.82, 2.24) is 14.8 Å². The number of hydrogen-bond donors (Lipinski definition) is 2. The summed E-state index contributed by atoms with van der Waals surface area (Å²) in [5.41, 5.74) is 7.32. The van der Waals surface area contributed by atoms with E-state index in [1.54, 1.807) is 29.9 Å². The number of H-pyrrole nitrogens is 1. The maximum atomic E-state index is 12.7. The van der Waals surface area contributed by atoms with E-state index in [1.807, 2.05) is 19.1 Å². The molecule has 3 aromatic rings. The van der Waals surface area contributed by atoms with Crippen LogP contribution in [0.15, 0.2) is 40.3 Å². The lowest BCUT2D eigenvalue weighted by Gasteiger charge is -2.03. The quantitative estimate of drug-likeness (QED) is 0.767. The highest BCUT2D eigenvalue weighted by Gasteiger charge is 2.18. The van der Waals surface area contributed by atoms with Crippen molar-refractivity contribution in [3.8, 4) is 0 Å². The summed E-state index contributed by atoms with van der Waals surface area (Å²) in [6.45, 7) is 1.82. The SMILES string of the molecule is Cc1c(S(=O)c2ccc3[nH]ncc3c2)cc(C(N)=O)n1C. The number of carbonyl (C=O) groups is 1. The summed E-state index contributed by atoms with van der Waals surface area (Å²) in [7, 11) is 0.357. The summed E-state index contributed by atoms with van der Waals surface area (Å²) in [4.78, 5) is 12.6. The van der Waals surface area contributed by atoms with Gasteiger partial charge in [0.15, 0.2) is 0 Å². The minimum atomic E-state index is -1.37. The number of primary amides is 1. The molecule has 2 heterocycles. The molecule has 2 aromatic heterocycles. The Bertz CT molecular complexity index is 878. The van der Waals surface area contributed by atoms with Crippen LogP contribution in [-0.4, -0.2) is 24.9 Å². The van der Waals surface area contributed by atoms with Crippen molar-refractivity contribution in [3.05, 3.63) is 41.9 Å². The molecule has 0 bridgehead atoms. The average Bonchev–Trinajstić information content (AvgIpc) is 3.03. The Kier molecular flexibility index (Phi) is 3.13. The monoisotopic (exact) mass is 302 g/mol. The van der Waals surface area contributed by atoms with Gasteiger partial charge in [0.25, 0.3) is 5.91 Å². The summed E-state index contributed by atoms with van der Waals surface area (Å²) in [5.74, 6) is -0.533. The molecule has 0 aliphatic rings. The molecule has 21 heavy (non-hydrogen) atoms. The highest BCUT2D eigenvalue weighted by atomic mass is 32.2. The molecule has 0 saturated heterocycles. The van der Waals surface area contributed by atoms with Gasteiger partial charge in [0.1, 0.15) is 5.69 Å². The number of nitrogens with two attached hydrogens (primary N) is 1.